The number of benzene rings is 1. The molecule has 0 aliphatic carbocycles. The van der Waals surface area contributed by atoms with Crippen LogP contribution in [0.1, 0.15) is 31.4 Å². The fraction of sp³-hybridized carbons (Fsp3) is 0.429. The van der Waals surface area contributed by atoms with Crippen molar-refractivity contribution in [3.05, 3.63) is 35.4 Å². The van der Waals surface area contributed by atoms with Gasteiger partial charge in [-0.3, -0.25) is 9.69 Å². The van der Waals surface area contributed by atoms with Crippen molar-refractivity contribution >= 4 is 5.97 Å². The molecule has 0 aromatic heterocycles. The molecule has 4 heteroatoms. The molecule has 1 atom stereocenters. The highest BCUT2D eigenvalue weighted by Gasteiger charge is 2.16. The van der Waals surface area contributed by atoms with Crippen molar-refractivity contribution in [2.75, 3.05) is 6.54 Å². The first kappa shape index (κ1) is 14.2. The van der Waals surface area contributed by atoms with Gasteiger partial charge < -0.3 is 5.11 Å². The Morgan fingerprint density at radius 2 is 2.17 bits per heavy atom. The number of hydrogen-bond donors (Lipinski definition) is 1. The van der Waals surface area contributed by atoms with E-state index in [9.17, 15) is 4.79 Å². The van der Waals surface area contributed by atoms with E-state index in [1.807, 2.05) is 32.0 Å². The number of rotatable bonds is 6. The van der Waals surface area contributed by atoms with E-state index in [2.05, 4.69) is 11.0 Å². The molecular weight excluding hydrogens is 228 g/mol. The van der Waals surface area contributed by atoms with Crippen LogP contribution in [0.15, 0.2) is 24.3 Å². The third kappa shape index (κ3) is 3.86. The zero-order chi connectivity index (χ0) is 13.5. The number of nitriles is 1. The van der Waals surface area contributed by atoms with Crippen molar-refractivity contribution in [2.24, 2.45) is 0 Å². The first-order valence-electron chi connectivity index (χ1n) is 6.02. The van der Waals surface area contributed by atoms with Crippen molar-refractivity contribution in [2.45, 2.75) is 32.9 Å². The quantitative estimate of drug-likeness (QED) is 0.836. The summed E-state index contributed by atoms with van der Waals surface area (Å²) in [6, 6.07) is 9.54. The van der Waals surface area contributed by atoms with Crippen LogP contribution in [0.25, 0.3) is 0 Å². The lowest BCUT2D eigenvalue weighted by Crippen LogP contribution is -2.34. The minimum Gasteiger partial charge on any atom is -0.481 e. The predicted octanol–water partition coefficient (Wildman–Crippen LogP) is 2.24. The first-order valence-corrected chi connectivity index (χ1v) is 6.02. The molecule has 0 fully saturated rings. The third-order valence-corrected chi connectivity index (χ3v) is 3.01. The summed E-state index contributed by atoms with van der Waals surface area (Å²) in [6.07, 6.45) is 0.114. The lowest BCUT2D eigenvalue weighted by Gasteiger charge is -2.27. The molecular formula is C14H18N2O2. The lowest BCUT2D eigenvalue weighted by atomic mass is 10.1. The van der Waals surface area contributed by atoms with Gasteiger partial charge in [-0.2, -0.15) is 5.26 Å². The van der Waals surface area contributed by atoms with Gasteiger partial charge in [0.05, 0.1) is 18.1 Å². The minimum atomic E-state index is -0.797. The minimum absolute atomic E-state index is 0.0424. The van der Waals surface area contributed by atoms with Crippen LogP contribution in [0.2, 0.25) is 0 Å². The van der Waals surface area contributed by atoms with E-state index >= 15 is 0 Å². The Morgan fingerprint density at radius 1 is 1.50 bits per heavy atom. The van der Waals surface area contributed by atoms with E-state index in [0.29, 0.717) is 12.1 Å². The molecule has 18 heavy (non-hydrogen) atoms. The molecule has 0 aliphatic rings. The smallest absolute Gasteiger partial charge is 0.304 e. The van der Waals surface area contributed by atoms with E-state index in [1.54, 1.807) is 6.07 Å². The molecule has 0 saturated heterocycles. The average Bonchev–Trinajstić information content (AvgIpc) is 2.35. The maximum absolute atomic E-state index is 10.7. The molecule has 96 valence electrons. The van der Waals surface area contributed by atoms with Crippen LogP contribution in [0.5, 0.6) is 0 Å². The van der Waals surface area contributed by atoms with E-state index < -0.39 is 5.97 Å². The van der Waals surface area contributed by atoms with Crippen LogP contribution < -0.4 is 0 Å². The predicted molar refractivity (Wildman–Crippen MR) is 69.0 cm³/mol. The van der Waals surface area contributed by atoms with Gasteiger partial charge in [0, 0.05) is 12.6 Å². The molecule has 1 aromatic rings. The number of hydrogen-bond acceptors (Lipinski definition) is 3. The fourth-order valence-corrected chi connectivity index (χ4v) is 1.95. The molecule has 0 aliphatic heterocycles. The highest BCUT2D eigenvalue weighted by Crippen LogP contribution is 2.14. The molecule has 0 spiro atoms. The van der Waals surface area contributed by atoms with Gasteiger partial charge in [0.15, 0.2) is 0 Å². The Morgan fingerprint density at radius 3 is 2.72 bits per heavy atom. The van der Waals surface area contributed by atoms with Crippen LogP contribution in [0.3, 0.4) is 0 Å². The summed E-state index contributed by atoms with van der Waals surface area (Å²) in [7, 11) is 0. The number of carboxylic acids is 1. The summed E-state index contributed by atoms with van der Waals surface area (Å²) in [6.45, 7) is 5.25. The summed E-state index contributed by atoms with van der Waals surface area (Å²) in [5, 5.41) is 17.8. The van der Waals surface area contributed by atoms with Gasteiger partial charge in [-0.1, -0.05) is 25.1 Å². The Hall–Kier alpha value is -1.86. The van der Waals surface area contributed by atoms with Crippen molar-refractivity contribution in [1.29, 1.82) is 5.26 Å². The Bertz CT molecular complexity index is 451. The monoisotopic (exact) mass is 246 g/mol. The fourth-order valence-electron chi connectivity index (χ4n) is 1.95. The second-order valence-electron chi connectivity index (χ2n) is 4.28. The number of carboxylic acid groups (broad SMARTS) is 1. The van der Waals surface area contributed by atoms with Gasteiger partial charge in [-0.05, 0) is 25.1 Å². The summed E-state index contributed by atoms with van der Waals surface area (Å²) in [5.74, 6) is -0.797. The average molecular weight is 246 g/mol. The summed E-state index contributed by atoms with van der Waals surface area (Å²) in [5.41, 5.74) is 1.59. The molecule has 1 unspecified atom stereocenters. The zero-order valence-electron chi connectivity index (χ0n) is 10.8. The van der Waals surface area contributed by atoms with Crippen molar-refractivity contribution in [3.63, 3.8) is 0 Å². The molecule has 1 N–H and O–H groups in total. The molecule has 0 amide bonds. The van der Waals surface area contributed by atoms with E-state index in [0.717, 1.165) is 12.1 Å². The first-order chi connectivity index (χ1) is 8.58. The zero-order valence-corrected chi connectivity index (χ0v) is 10.8. The normalized spacial score (nSPS) is 12.1. The standard InChI is InChI=1S/C14H18N2O2/c1-3-16(11(2)8-14(17)18)10-13-7-5-4-6-12(13)9-15/h4-7,11H,3,8,10H2,1-2H3,(H,17,18). The van der Waals surface area contributed by atoms with Crippen molar-refractivity contribution in [1.82, 2.24) is 4.90 Å². The second-order valence-corrected chi connectivity index (χ2v) is 4.28. The number of carbonyl (C=O) groups is 1. The van der Waals surface area contributed by atoms with Gasteiger partial charge in [0.2, 0.25) is 0 Å². The maximum atomic E-state index is 10.7. The molecule has 0 bridgehead atoms. The van der Waals surface area contributed by atoms with Gasteiger partial charge in [-0.25, -0.2) is 0 Å². The largest absolute Gasteiger partial charge is 0.481 e. The highest BCUT2D eigenvalue weighted by molar-refractivity contribution is 5.67. The highest BCUT2D eigenvalue weighted by atomic mass is 16.4. The van der Waals surface area contributed by atoms with Gasteiger partial charge in [-0.15, -0.1) is 0 Å². The van der Waals surface area contributed by atoms with Crippen molar-refractivity contribution < 1.29 is 9.90 Å². The van der Waals surface area contributed by atoms with E-state index in [1.165, 1.54) is 0 Å². The van der Waals surface area contributed by atoms with Crippen LogP contribution >= 0.6 is 0 Å². The Balaban J connectivity index is 2.80. The summed E-state index contributed by atoms with van der Waals surface area (Å²) in [4.78, 5) is 12.8. The summed E-state index contributed by atoms with van der Waals surface area (Å²) < 4.78 is 0. The van der Waals surface area contributed by atoms with E-state index in [-0.39, 0.29) is 12.5 Å². The summed E-state index contributed by atoms with van der Waals surface area (Å²) >= 11 is 0. The number of aliphatic carboxylic acids is 1. The molecule has 0 radical (unpaired) electrons. The SMILES string of the molecule is CCN(Cc1ccccc1C#N)C(C)CC(=O)O. The Kier molecular flexibility index (Phi) is 5.34. The Labute approximate surface area is 107 Å². The van der Waals surface area contributed by atoms with Crippen LogP contribution in [-0.2, 0) is 11.3 Å². The number of nitrogens with zero attached hydrogens (tertiary/aromatic N) is 2. The van der Waals surface area contributed by atoms with Crippen molar-refractivity contribution in [3.8, 4) is 6.07 Å². The lowest BCUT2D eigenvalue weighted by molar-refractivity contribution is -0.138. The van der Waals surface area contributed by atoms with E-state index in [4.69, 9.17) is 10.4 Å². The molecule has 1 aromatic carbocycles. The maximum Gasteiger partial charge on any atom is 0.304 e. The van der Waals surface area contributed by atoms with Gasteiger partial charge in [0.1, 0.15) is 0 Å². The second kappa shape index (κ2) is 6.77. The topological polar surface area (TPSA) is 64.3 Å². The van der Waals surface area contributed by atoms with Crippen LogP contribution in [-0.4, -0.2) is 28.6 Å². The van der Waals surface area contributed by atoms with Crippen LogP contribution in [0.4, 0.5) is 0 Å². The molecule has 1 rings (SSSR count). The molecule has 4 nitrogen and oxygen atoms in total. The van der Waals surface area contributed by atoms with Gasteiger partial charge >= 0.3 is 5.97 Å². The molecule has 0 heterocycles. The van der Waals surface area contributed by atoms with Gasteiger partial charge in [0.25, 0.3) is 0 Å². The third-order valence-electron chi connectivity index (χ3n) is 3.01. The van der Waals surface area contributed by atoms with Crippen LogP contribution in [0, 0.1) is 11.3 Å². The molecule has 0 saturated carbocycles.